The van der Waals surface area contributed by atoms with Gasteiger partial charge in [0.1, 0.15) is 0 Å². The lowest BCUT2D eigenvalue weighted by Gasteiger charge is -2.14. The second-order valence-corrected chi connectivity index (χ2v) is 6.73. The Morgan fingerprint density at radius 1 is 1.30 bits per heavy atom. The third kappa shape index (κ3) is 7.25. The third-order valence-corrected chi connectivity index (χ3v) is 4.48. The van der Waals surface area contributed by atoms with Gasteiger partial charge in [-0.25, -0.2) is 13.1 Å². The predicted octanol–water partition coefficient (Wildman–Crippen LogP) is 1.79. The van der Waals surface area contributed by atoms with E-state index in [0.29, 0.717) is 6.42 Å². The van der Waals surface area contributed by atoms with Crippen molar-refractivity contribution in [3.05, 3.63) is 35.9 Å². The molecule has 0 aromatic heterocycles. The third-order valence-electron chi connectivity index (χ3n) is 2.89. The molecule has 0 bridgehead atoms. The molecule has 0 fully saturated rings. The summed E-state index contributed by atoms with van der Waals surface area (Å²) in [5.41, 5.74) is 1.17. The van der Waals surface area contributed by atoms with Crippen molar-refractivity contribution in [3.63, 3.8) is 0 Å². The highest BCUT2D eigenvalue weighted by Crippen LogP contribution is 2.06. The normalized spacial score (nSPS) is 13.1. The summed E-state index contributed by atoms with van der Waals surface area (Å²) in [6, 6.07) is 9.71. The molecule has 6 heteroatoms. The topological polar surface area (TPSA) is 83.5 Å². The van der Waals surface area contributed by atoms with Gasteiger partial charge in [0.25, 0.3) is 0 Å². The number of hydrogen-bond donors (Lipinski definition) is 2. The summed E-state index contributed by atoms with van der Waals surface area (Å²) in [5.74, 6) is -1.12. The summed E-state index contributed by atoms with van der Waals surface area (Å²) in [4.78, 5) is 10.4. The van der Waals surface area contributed by atoms with Crippen LogP contribution >= 0.6 is 0 Å². The Balaban J connectivity index is 2.33. The maximum absolute atomic E-state index is 11.7. The SMILES string of the molecule is CC(CCc1ccccc1)NS(=O)(=O)CCCC(=O)O. The highest BCUT2D eigenvalue weighted by atomic mass is 32.2. The molecule has 0 amide bonds. The molecule has 0 aliphatic rings. The standard InChI is InChI=1S/C14H21NO4S/c1-12(9-10-13-6-3-2-4-7-13)15-20(18,19)11-5-8-14(16)17/h2-4,6-7,12,15H,5,8-11H2,1H3,(H,16,17). The van der Waals surface area contributed by atoms with Gasteiger partial charge in [-0.3, -0.25) is 4.79 Å². The largest absolute Gasteiger partial charge is 0.481 e. The number of carboxylic acid groups (broad SMARTS) is 1. The van der Waals surface area contributed by atoms with Crippen molar-refractivity contribution in [2.75, 3.05) is 5.75 Å². The molecule has 0 saturated heterocycles. The molecule has 1 aromatic carbocycles. The molecular weight excluding hydrogens is 278 g/mol. The zero-order chi connectivity index (χ0) is 15.0. The minimum Gasteiger partial charge on any atom is -0.481 e. The van der Waals surface area contributed by atoms with Gasteiger partial charge < -0.3 is 5.11 Å². The Bertz CT molecular complexity index is 513. The van der Waals surface area contributed by atoms with Crippen LogP contribution in [0.15, 0.2) is 30.3 Å². The smallest absolute Gasteiger partial charge is 0.303 e. The highest BCUT2D eigenvalue weighted by Gasteiger charge is 2.14. The van der Waals surface area contributed by atoms with Crippen LogP contribution in [0.3, 0.4) is 0 Å². The fourth-order valence-electron chi connectivity index (χ4n) is 1.87. The molecule has 1 aromatic rings. The Hall–Kier alpha value is -1.40. The first kappa shape index (κ1) is 16.7. The Morgan fingerprint density at radius 3 is 2.55 bits per heavy atom. The monoisotopic (exact) mass is 299 g/mol. The summed E-state index contributed by atoms with van der Waals surface area (Å²) in [7, 11) is -3.39. The van der Waals surface area contributed by atoms with Crippen molar-refractivity contribution in [3.8, 4) is 0 Å². The molecule has 0 heterocycles. The van der Waals surface area contributed by atoms with Crippen molar-refractivity contribution in [1.29, 1.82) is 0 Å². The molecule has 1 unspecified atom stereocenters. The van der Waals surface area contributed by atoms with Gasteiger partial charge in [0, 0.05) is 12.5 Å². The molecule has 0 radical (unpaired) electrons. The van der Waals surface area contributed by atoms with Crippen LogP contribution in [0.5, 0.6) is 0 Å². The number of carbonyl (C=O) groups is 1. The number of aryl methyl sites for hydroxylation is 1. The zero-order valence-corrected chi connectivity index (χ0v) is 12.4. The van der Waals surface area contributed by atoms with Gasteiger partial charge in [-0.15, -0.1) is 0 Å². The number of hydrogen-bond acceptors (Lipinski definition) is 3. The molecule has 1 rings (SSSR count). The Labute approximate surface area is 120 Å². The lowest BCUT2D eigenvalue weighted by molar-refractivity contribution is -0.137. The van der Waals surface area contributed by atoms with Gasteiger partial charge in [-0.1, -0.05) is 30.3 Å². The van der Waals surface area contributed by atoms with E-state index in [4.69, 9.17) is 5.11 Å². The average molecular weight is 299 g/mol. The van der Waals surface area contributed by atoms with Crippen molar-refractivity contribution < 1.29 is 18.3 Å². The summed E-state index contributed by atoms with van der Waals surface area (Å²) < 4.78 is 26.0. The summed E-state index contributed by atoms with van der Waals surface area (Å²) in [6.07, 6.45) is 1.53. The predicted molar refractivity (Wildman–Crippen MR) is 78.0 cm³/mol. The van der Waals surface area contributed by atoms with Gasteiger partial charge in [0.05, 0.1) is 5.75 Å². The first-order valence-corrected chi connectivity index (χ1v) is 8.30. The molecule has 5 nitrogen and oxygen atoms in total. The maximum atomic E-state index is 11.7. The van der Waals surface area contributed by atoms with E-state index in [1.165, 1.54) is 5.56 Å². The van der Waals surface area contributed by atoms with Gasteiger partial charge in [-0.05, 0) is 31.7 Å². The van der Waals surface area contributed by atoms with Crippen LogP contribution in [-0.2, 0) is 21.2 Å². The minimum absolute atomic E-state index is 0.126. The molecule has 112 valence electrons. The number of sulfonamides is 1. The lowest BCUT2D eigenvalue weighted by atomic mass is 10.1. The molecule has 1 atom stereocenters. The summed E-state index contributed by atoms with van der Waals surface area (Å²) >= 11 is 0. The van der Waals surface area contributed by atoms with E-state index in [1.807, 2.05) is 37.3 Å². The van der Waals surface area contributed by atoms with Crippen molar-refractivity contribution in [2.24, 2.45) is 0 Å². The Morgan fingerprint density at radius 2 is 1.95 bits per heavy atom. The number of rotatable bonds is 9. The van der Waals surface area contributed by atoms with Gasteiger partial charge >= 0.3 is 5.97 Å². The molecule has 20 heavy (non-hydrogen) atoms. The molecule has 0 aliphatic heterocycles. The summed E-state index contributed by atoms with van der Waals surface area (Å²) in [5, 5.41) is 8.49. The van der Waals surface area contributed by atoms with Crippen LogP contribution in [-0.4, -0.2) is 31.3 Å². The van der Waals surface area contributed by atoms with Gasteiger partial charge in [-0.2, -0.15) is 0 Å². The maximum Gasteiger partial charge on any atom is 0.303 e. The quantitative estimate of drug-likeness (QED) is 0.728. The minimum atomic E-state index is -3.39. The fraction of sp³-hybridized carbons (Fsp3) is 0.500. The Kier molecular flexibility index (Phi) is 6.67. The van der Waals surface area contributed by atoms with E-state index in [1.54, 1.807) is 0 Å². The van der Waals surface area contributed by atoms with E-state index >= 15 is 0 Å². The van der Waals surface area contributed by atoms with Crippen LogP contribution in [0.25, 0.3) is 0 Å². The first-order valence-electron chi connectivity index (χ1n) is 6.65. The second kappa shape index (κ2) is 8.01. The average Bonchev–Trinajstić information content (AvgIpc) is 2.36. The molecule has 0 spiro atoms. The van der Waals surface area contributed by atoms with Gasteiger partial charge in [0.15, 0.2) is 0 Å². The van der Waals surface area contributed by atoms with Crippen LogP contribution in [0.4, 0.5) is 0 Å². The number of nitrogens with one attached hydrogen (secondary N) is 1. The molecule has 0 aliphatic carbocycles. The van der Waals surface area contributed by atoms with Crippen molar-refractivity contribution >= 4 is 16.0 Å². The molecule has 0 saturated carbocycles. The van der Waals surface area contributed by atoms with Crippen LogP contribution < -0.4 is 4.72 Å². The number of benzene rings is 1. The number of carboxylic acids is 1. The van der Waals surface area contributed by atoms with Gasteiger partial charge in [0.2, 0.25) is 10.0 Å². The lowest BCUT2D eigenvalue weighted by Crippen LogP contribution is -2.34. The van der Waals surface area contributed by atoms with E-state index in [0.717, 1.165) is 6.42 Å². The number of aliphatic carboxylic acids is 1. The van der Waals surface area contributed by atoms with Crippen molar-refractivity contribution in [1.82, 2.24) is 4.72 Å². The van der Waals surface area contributed by atoms with E-state index in [-0.39, 0.29) is 24.6 Å². The van der Waals surface area contributed by atoms with Crippen LogP contribution in [0.1, 0.15) is 31.7 Å². The summed E-state index contributed by atoms with van der Waals surface area (Å²) in [6.45, 7) is 1.82. The van der Waals surface area contributed by atoms with E-state index in [9.17, 15) is 13.2 Å². The van der Waals surface area contributed by atoms with Crippen molar-refractivity contribution in [2.45, 2.75) is 38.6 Å². The highest BCUT2D eigenvalue weighted by molar-refractivity contribution is 7.89. The van der Waals surface area contributed by atoms with E-state index in [2.05, 4.69) is 4.72 Å². The molecule has 2 N–H and O–H groups in total. The van der Waals surface area contributed by atoms with Crippen LogP contribution in [0, 0.1) is 0 Å². The first-order chi connectivity index (χ1) is 9.39. The molecular formula is C14H21NO4S. The second-order valence-electron chi connectivity index (χ2n) is 4.86. The fourth-order valence-corrected chi connectivity index (χ4v) is 3.24. The van der Waals surface area contributed by atoms with Crippen LogP contribution in [0.2, 0.25) is 0 Å². The zero-order valence-electron chi connectivity index (χ0n) is 11.6. The van der Waals surface area contributed by atoms with E-state index < -0.39 is 16.0 Å².